The summed E-state index contributed by atoms with van der Waals surface area (Å²) < 4.78 is 5.29. The maximum absolute atomic E-state index is 12.5. The van der Waals surface area contributed by atoms with Gasteiger partial charge in [-0.05, 0) is 37.6 Å². The van der Waals surface area contributed by atoms with Crippen molar-refractivity contribution in [2.24, 2.45) is 0 Å². The van der Waals surface area contributed by atoms with Crippen molar-refractivity contribution in [3.8, 4) is 5.75 Å². The van der Waals surface area contributed by atoms with Gasteiger partial charge < -0.3 is 19.9 Å². The molecule has 1 aliphatic rings. The third kappa shape index (κ3) is 5.92. The molecule has 1 N–H and O–H groups in total. The Labute approximate surface area is 182 Å². The predicted molar refractivity (Wildman–Crippen MR) is 124 cm³/mol. The molecule has 1 fully saturated rings. The summed E-state index contributed by atoms with van der Waals surface area (Å²) in [5, 5.41) is 2.92. The number of methoxy groups -OCH3 is 1. The third-order valence-electron chi connectivity index (χ3n) is 5.17. The van der Waals surface area contributed by atoms with Crippen LogP contribution in [0.5, 0.6) is 5.75 Å². The minimum atomic E-state index is -0.0809. The number of nitrogens with zero attached hydrogens (tertiary/aromatic N) is 2. The van der Waals surface area contributed by atoms with Crippen molar-refractivity contribution in [3.05, 3.63) is 53.6 Å². The van der Waals surface area contributed by atoms with E-state index in [1.807, 2.05) is 55.1 Å². The molecule has 1 heterocycles. The van der Waals surface area contributed by atoms with Gasteiger partial charge in [0.2, 0.25) is 11.8 Å². The molecule has 1 saturated heterocycles. The number of rotatable bonds is 7. The van der Waals surface area contributed by atoms with Gasteiger partial charge in [-0.1, -0.05) is 23.8 Å². The summed E-state index contributed by atoms with van der Waals surface area (Å²) in [5.74, 6) is 1.43. The molecule has 0 aromatic heterocycles. The first-order valence-electron chi connectivity index (χ1n) is 10.1. The number of thioether (sulfide) groups is 1. The number of carbonyl (C=O) groups is 2. The van der Waals surface area contributed by atoms with E-state index in [4.69, 9.17) is 4.74 Å². The minimum absolute atomic E-state index is 0.0809. The lowest BCUT2D eigenvalue weighted by Gasteiger charge is -2.36. The fourth-order valence-electron chi connectivity index (χ4n) is 3.48. The summed E-state index contributed by atoms with van der Waals surface area (Å²) >= 11 is 1.36. The van der Waals surface area contributed by atoms with E-state index < -0.39 is 0 Å². The van der Waals surface area contributed by atoms with E-state index in [9.17, 15) is 9.59 Å². The Balaban J connectivity index is 1.40. The van der Waals surface area contributed by atoms with E-state index in [2.05, 4.69) is 16.3 Å². The second kappa shape index (κ2) is 10.4. The lowest BCUT2D eigenvalue weighted by Crippen LogP contribution is -2.49. The molecule has 2 aromatic rings. The van der Waals surface area contributed by atoms with E-state index in [1.165, 1.54) is 11.8 Å². The maximum Gasteiger partial charge on any atom is 0.234 e. The molecule has 2 amide bonds. The molecular weight excluding hydrogens is 398 g/mol. The Morgan fingerprint density at radius 1 is 1.03 bits per heavy atom. The van der Waals surface area contributed by atoms with Gasteiger partial charge in [-0.25, -0.2) is 0 Å². The average Bonchev–Trinajstić information content (AvgIpc) is 2.76. The third-order valence-corrected chi connectivity index (χ3v) is 6.08. The van der Waals surface area contributed by atoms with Crippen LogP contribution in [0.1, 0.15) is 11.1 Å². The summed E-state index contributed by atoms with van der Waals surface area (Å²) in [7, 11) is 1.66. The SMILES string of the molecule is COc1cccc(N2CCN(C(=O)CSCC(=O)Nc3ccc(C)cc3C)CC2)c1. The van der Waals surface area contributed by atoms with Crippen LogP contribution in [-0.2, 0) is 9.59 Å². The van der Waals surface area contributed by atoms with Gasteiger partial charge in [0.05, 0.1) is 18.6 Å². The quantitative estimate of drug-likeness (QED) is 0.734. The highest BCUT2D eigenvalue weighted by Crippen LogP contribution is 2.22. The number of ether oxygens (including phenoxy) is 1. The van der Waals surface area contributed by atoms with Gasteiger partial charge in [0, 0.05) is 43.6 Å². The smallest absolute Gasteiger partial charge is 0.234 e. The molecule has 0 spiro atoms. The number of hydrogen-bond donors (Lipinski definition) is 1. The van der Waals surface area contributed by atoms with Gasteiger partial charge in [0.1, 0.15) is 5.75 Å². The van der Waals surface area contributed by atoms with Crippen molar-refractivity contribution in [3.63, 3.8) is 0 Å². The molecule has 0 bridgehead atoms. The highest BCUT2D eigenvalue weighted by atomic mass is 32.2. The van der Waals surface area contributed by atoms with Crippen LogP contribution in [-0.4, -0.2) is 61.5 Å². The van der Waals surface area contributed by atoms with E-state index >= 15 is 0 Å². The number of hydrogen-bond acceptors (Lipinski definition) is 5. The van der Waals surface area contributed by atoms with Crippen molar-refractivity contribution in [2.45, 2.75) is 13.8 Å². The first-order chi connectivity index (χ1) is 14.5. The first-order valence-corrected chi connectivity index (χ1v) is 11.2. The fraction of sp³-hybridized carbons (Fsp3) is 0.391. The molecule has 2 aromatic carbocycles. The molecule has 0 aliphatic carbocycles. The van der Waals surface area contributed by atoms with Crippen molar-refractivity contribution in [2.75, 3.05) is 55.0 Å². The van der Waals surface area contributed by atoms with E-state index in [0.717, 1.165) is 41.3 Å². The van der Waals surface area contributed by atoms with Crippen molar-refractivity contribution < 1.29 is 14.3 Å². The van der Waals surface area contributed by atoms with E-state index in [-0.39, 0.29) is 17.6 Å². The summed E-state index contributed by atoms with van der Waals surface area (Å²) in [5.41, 5.74) is 4.14. The number of aryl methyl sites for hydroxylation is 2. The van der Waals surface area contributed by atoms with Crippen LogP contribution < -0.4 is 15.0 Å². The van der Waals surface area contributed by atoms with Crippen LogP contribution in [0.3, 0.4) is 0 Å². The molecule has 160 valence electrons. The van der Waals surface area contributed by atoms with Crippen LogP contribution in [0.15, 0.2) is 42.5 Å². The molecular formula is C23H29N3O3S. The van der Waals surface area contributed by atoms with Crippen molar-refractivity contribution >= 4 is 35.0 Å². The number of amides is 2. The molecule has 6 nitrogen and oxygen atoms in total. The molecule has 0 unspecified atom stereocenters. The zero-order valence-electron chi connectivity index (χ0n) is 17.8. The Bertz CT molecular complexity index is 895. The zero-order valence-corrected chi connectivity index (χ0v) is 18.6. The van der Waals surface area contributed by atoms with Gasteiger partial charge in [0.15, 0.2) is 0 Å². The average molecular weight is 428 g/mol. The molecule has 3 rings (SSSR count). The summed E-state index contributed by atoms with van der Waals surface area (Å²) in [6.45, 7) is 6.95. The number of carbonyl (C=O) groups excluding carboxylic acids is 2. The lowest BCUT2D eigenvalue weighted by atomic mass is 10.1. The zero-order chi connectivity index (χ0) is 21.5. The Kier molecular flexibility index (Phi) is 7.63. The first kappa shape index (κ1) is 22.0. The topological polar surface area (TPSA) is 61.9 Å². The van der Waals surface area contributed by atoms with Gasteiger partial charge >= 0.3 is 0 Å². The molecule has 0 atom stereocenters. The second-order valence-electron chi connectivity index (χ2n) is 7.43. The molecule has 1 aliphatic heterocycles. The van der Waals surface area contributed by atoms with Crippen LogP contribution in [0.25, 0.3) is 0 Å². The number of piperazine rings is 1. The Morgan fingerprint density at radius 3 is 2.50 bits per heavy atom. The van der Waals surface area contributed by atoms with Crippen LogP contribution in [0.2, 0.25) is 0 Å². The predicted octanol–water partition coefficient (Wildman–Crippen LogP) is 3.33. The molecule has 0 radical (unpaired) electrons. The van der Waals surface area contributed by atoms with Crippen LogP contribution in [0.4, 0.5) is 11.4 Å². The van der Waals surface area contributed by atoms with Gasteiger partial charge in [-0.15, -0.1) is 11.8 Å². The number of anilines is 2. The van der Waals surface area contributed by atoms with Gasteiger partial charge in [-0.2, -0.15) is 0 Å². The van der Waals surface area contributed by atoms with Crippen LogP contribution >= 0.6 is 11.8 Å². The molecule has 30 heavy (non-hydrogen) atoms. The molecule has 7 heteroatoms. The normalized spacial score (nSPS) is 13.8. The number of benzene rings is 2. The van der Waals surface area contributed by atoms with Crippen molar-refractivity contribution in [1.29, 1.82) is 0 Å². The molecule has 0 saturated carbocycles. The fourth-order valence-corrected chi connectivity index (χ4v) is 4.20. The number of nitrogens with one attached hydrogen (secondary N) is 1. The maximum atomic E-state index is 12.5. The van der Waals surface area contributed by atoms with Gasteiger partial charge in [-0.3, -0.25) is 9.59 Å². The Morgan fingerprint density at radius 2 is 1.80 bits per heavy atom. The monoisotopic (exact) mass is 427 g/mol. The lowest BCUT2D eigenvalue weighted by molar-refractivity contribution is -0.128. The summed E-state index contributed by atoms with van der Waals surface area (Å²) in [4.78, 5) is 28.8. The minimum Gasteiger partial charge on any atom is -0.497 e. The van der Waals surface area contributed by atoms with Crippen LogP contribution in [0, 0.1) is 13.8 Å². The largest absolute Gasteiger partial charge is 0.497 e. The summed E-state index contributed by atoms with van der Waals surface area (Å²) in [6, 6.07) is 13.9. The van der Waals surface area contributed by atoms with E-state index in [1.54, 1.807) is 7.11 Å². The standard InChI is InChI=1S/C23H29N3O3S/c1-17-7-8-21(18(2)13-17)24-22(27)15-30-16-23(28)26-11-9-25(10-12-26)19-5-4-6-20(14-19)29-3/h4-8,13-14H,9-12,15-16H2,1-3H3,(H,24,27). The van der Waals surface area contributed by atoms with Gasteiger partial charge in [0.25, 0.3) is 0 Å². The second-order valence-corrected chi connectivity index (χ2v) is 8.41. The highest BCUT2D eigenvalue weighted by Gasteiger charge is 2.21. The summed E-state index contributed by atoms with van der Waals surface area (Å²) in [6.07, 6.45) is 0. The highest BCUT2D eigenvalue weighted by molar-refractivity contribution is 8.00. The van der Waals surface area contributed by atoms with E-state index in [0.29, 0.717) is 18.8 Å². The Hall–Kier alpha value is -2.67. The van der Waals surface area contributed by atoms with Crippen molar-refractivity contribution in [1.82, 2.24) is 4.90 Å².